The molecule has 188 valence electrons. The van der Waals surface area contributed by atoms with Gasteiger partial charge in [-0.25, -0.2) is 4.79 Å². The Labute approximate surface area is 192 Å². The second-order valence-corrected chi connectivity index (χ2v) is 8.05. The summed E-state index contributed by atoms with van der Waals surface area (Å²) in [5, 5.41) is 16.3. The summed E-state index contributed by atoms with van der Waals surface area (Å²) in [7, 11) is 0. The number of guanidine groups is 1. The number of nitrogens with zero attached hydrogens (tertiary/aromatic N) is 1. The smallest absolute Gasteiger partial charge is 0.326 e. The van der Waals surface area contributed by atoms with Crippen LogP contribution in [0.4, 0.5) is 0 Å². The predicted octanol–water partition coefficient (Wildman–Crippen LogP) is -3.15. The molecule has 0 heterocycles. The van der Waals surface area contributed by atoms with Crippen LogP contribution in [0.5, 0.6) is 0 Å². The van der Waals surface area contributed by atoms with Crippen LogP contribution in [-0.2, 0) is 24.0 Å². The van der Waals surface area contributed by atoms with Gasteiger partial charge in [0.05, 0.1) is 12.5 Å². The first-order valence-corrected chi connectivity index (χ1v) is 10.5. The zero-order valence-corrected chi connectivity index (χ0v) is 19.2. The highest BCUT2D eigenvalue weighted by Gasteiger charge is 2.29. The SMILES string of the molecule is CC(C)CC(N)C(=O)NC(C)C(=O)NC(CC(N)=O)C(=O)NC(CCCN=C(N)N)C(=O)O. The first-order chi connectivity index (χ1) is 15.2. The molecule has 0 radical (unpaired) electrons. The zero-order valence-electron chi connectivity index (χ0n) is 19.2. The Bertz CT molecular complexity index is 738. The van der Waals surface area contributed by atoms with Crippen LogP contribution in [0.25, 0.3) is 0 Å². The van der Waals surface area contributed by atoms with Crippen molar-refractivity contribution in [2.24, 2.45) is 33.8 Å². The van der Waals surface area contributed by atoms with Gasteiger partial charge in [0, 0.05) is 6.54 Å². The Morgan fingerprint density at radius 1 is 0.879 bits per heavy atom. The van der Waals surface area contributed by atoms with Crippen molar-refractivity contribution in [3.05, 3.63) is 0 Å². The van der Waals surface area contributed by atoms with Gasteiger partial charge in [0.15, 0.2) is 5.96 Å². The summed E-state index contributed by atoms with van der Waals surface area (Å²) >= 11 is 0. The van der Waals surface area contributed by atoms with Crippen molar-refractivity contribution < 1.29 is 29.1 Å². The van der Waals surface area contributed by atoms with Gasteiger partial charge in [-0.3, -0.25) is 24.2 Å². The Morgan fingerprint density at radius 2 is 1.45 bits per heavy atom. The fourth-order valence-corrected chi connectivity index (χ4v) is 2.74. The monoisotopic (exact) mass is 472 g/mol. The molecule has 0 saturated carbocycles. The lowest BCUT2D eigenvalue weighted by molar-refractivity contribution is -0.142. The summed E-state index contributed by atoms with van der Waals surface area (Å²) in [5.74, 6) is -4.45. The molecule has 14 heteroatoms. The number of rotatable bonds is 15. The number of primary amides is 1. The maximum Gasteiger partial charge on any atom is 0.326 e. The van der Waals surface area contributed by atoms with Crippen LogP contribution in [0.2, 0.25) is 0 Å². The highest BCUT2D eigenvalue weighted by molar-refractivity contribution is 5.95. The van der Waals surface area contributed by atoms with Crippen molar-refractivity contribution in [1.82, 2.24) is 16.0 Å². The molecule has 0 fully saturated rings. The Hall–Kier alpha value is -3.42. The maximum absolute atomic E-state index is 12.6. The van der Waals surface area contributed by atoms with Gasteiger partial charge >= 0.3 is 5.97 Å². The topological polar surface area (TPSA) is 258 Å². The molecule has 4 unspecified atom stereocenters. The van der Waals surface area contributed by atoms with E-state index in [9.17, 15) is 29.1 Å². The number of nitrogens with two attached hydrogens (primary N) is 4. The van der Waals surface area contributed by atoms with Crippen LogP contribution in [0.15, 0.2) is 4.99 Å². The van der Waals surface area contributed by atoms with Gasteiger partial charge in [-0.05, 0) is 32.1 Å². The van der Waals surface area contributed by atoms with E-state index in [1.54, 1.807) is 0 Å². The number of aliphatic carboxylic acids is 1. The minimum absolute atomic E-state index is 0.00467. The van der Waals surface area contributed by atoms with Crippen LogP contribution < -0.4 is 38.9 Å². The van der Waals surface area contributed by atoms with E-state index in [1.807, 2.05) is 13.8 Å². The Morgan fingerprint density at radius 3 is 1.94 bits per heavy atom. The summed E-state index contributed by atoms with van der Waals surface area (Å²) in [4.78, 5) is 63.7. The lowest BCUT2D eigenvalue weighted by Gasteiger charge is -2.23. The van der Waals surface area contributed by atoms with Crippen molar-refractivity contribution in [2.75, 3.05) is 6.54 Å². The van der Waals surface area contributed by atoms with E-state index in [0.717, 1.165) is 0 Å². The molecule has 14 nitrogen and oxygen atoms in total. The van der Waals surface area contributed by atoms with Gasteiger partial charge in [-0.2, -0.15) is 0 Å². The number of aliphatic imine (C=N–C) groups is 1. The fraction of sp³-hybridized carbons (Fsp3) is 0.684. The highest BCUT2D eigenvalue weighted by atomic mass is 16.4. The molecule has 0 aromatic carbocycles. The second-order valence-electron chi connectivity index (χ2n) is 8.05. The average molecular weight is 473 g/mol. The van der Waals surface area contributed by atoms with Crippen molar-refractivity contribution >= 4 is 35.6 Å². The molecule has 0 aliphatic heterocycles. The maximum atomic E-state index is 12.6. The lowest BCUT2D eigenvalue weighted by Crippen LogP contribution is -2.57. The number of carboxylic acid groups (broad SMARTS) is 1. The number of hydrogen-bond donors (Lipinski definition) is 8. The van der Waals surface area contributed by atoms with Gasteiger partial charge in [0.1, 0.15) is 18.1 Å². The molecule has 4 atom stereocenters. The van der Waals surface area contributed by atoms with E-state index >= 15 is 0 Å². The third-order valence-electron chi connectivity index (χ3n) is 4.41. The molecule has 0 aliphatic carbocycles. The van der Waals surface area contributed by atoms with E-state index in [4.69, 9.17) is 22.9 Å². The van der Waals surface area contributed by atoms with Crippen LogP contribution >= 0.6 is 0 Å². The second kappa shape index (κ2) is 14.6. The summed E-state index contributed by atoms with van der Waals surface area (Å²) in [6.45, 7) is 5.31. The molecule has 0 rings (SSSR count). The molecule has 0 aromatic heterocycles. The first kappa shape index (κ1) is 29.6. The lowest BCUT2D eigenvalue weighted by atomic mass is 10.0. The number of nitrogens with one attached hydrogen (secondary N) is 3. The van der Waals surface area contributed by atoms with Crippen molar-refractivity contribution in [2.45, 2.75) is 70.6 Å². The molecule has 33 heavy (non-hydrogen) atoms. The van der Waals surface area contributed by atoms with E-state index in [2.05, 4.69) is 20.9 Å². The summed E-state index contributed by atoms with van der Waals surface area (Å²) in [5.41, 5.74) is 21.3. The van der Waals surface area contributed by atoms with Gasteiger partial charge < -0.3 is 44.0 Å². The van der Waals surface area contributed by atoms with Gasteiger partial charge in [-0.15, -0.1) is 0 Å². The average Bonchev–Trinajstić information content (AvgIpc) is 2.67. The van der Waals surface area contributed by atoms with E-state index in [-0.39, 0.29) is 31.3 Å². The standard InChI is InChI=1S/C19H36N8O6/c1-9(2)7-11(20)16(30)25-10(3)15(29)27-13(8-14(21)28)17(31)26-12(18(32)33)5-4-6-24-19(22)23/h9-13H,4-8,20H2,1-3H3,(H2,21,28)(H,25,30)(H,26,31)(H,27,29)(H,32,33)(H4,22,23,24). The van der Waals surface area contributed by atoms with Crippen molar-refractivity contribution in [3.8, 4) is 0 Å². The highest BCUT2D eigenvalue weighted by Crippen LogP contribution is 2.04. The first-order valence-electron chi connectivity index (χ1n) is 10.5. The van der Waals surface area contributed by atoms with Crippen molar-refractivity contribution in [1.29, 1.82) is 0 Å². The summed E-state index contributed by atoms with van der Waals surface area (Å²) < 4.78 is 0. The van der Waals surface area contributed by atoms with Crippen LogP contribution in [0.1, 0.15) is 46.5 Å². The number of carboxylic acids is 1. The number of carbonyl (C=O) groups excluding carboxylic acids is 4. The third kappa shape index (κ3) is 12.9. The van der Waals surface area contributed by atoms with Crippen LogP contribution in [-0.4, -0.2) is 71.4 Å². The fourth-order valence-electron chi connectivity index (χ4n) is 2.74. The van der Waals surface area contributed by atoms with E-state index in [0.29, 0.717) is 6.42 Å². The third-order valence-corrected chi connectivity index (χ3v) is 4.41. The molecule has 0 saturated heterocycles. The molecule has 0 aliphatic rings. The van der Waals surface area contributed by atoms with Gasteiger partial charge in [0.25, 0.3) is 0 Å². The molecule has 0 aromatic rings. The van der Waals surface area contributed by atoms with E-state index < -0.39 is 60.2 Å². The quantitative estimate of drug-likeness (QED) is 0.0678. The van der Waals surface area contributed by atoms with Crippen LogP contribution in [0, 0.1) is 5.92 Å². The molecule has 12 N–H and O–H groups in total. The Kier molecular flexibility index (Phi) is 13.1. The number of hydrogen-bond acceptors (Lipinski definition) is 7. The zero-order chi connectivity index (χ0) is 25.7. The van der Waals surface area contributed by atoms with Gasteiger partial charge in [-0.1, -0.05) is 13.8 Å². The van der Waals surface area contributed by atoms with Gasteiger partial charge in [0.2, 0.25) is 23.6 Å². The predicted molar refractivity (Wildman–Crippen MR) is 120 cm³/mol. The molecule has 4 amide bonds. The molecule has 0 bridgehead atoms. The molecule has 0 spiro atoms. The normalized spacial score (nSPS) is 14.3. The molecular formula is C19H36N8O6. The minimum atomic E-state index is -1.45. The summed E-state index contributed by atoms with van der Waals surface area (Å²) in [6.07, 6.45) is 0.0784. The summed E-state index contributed by atoms with van der Waals surface area (Å²) in [6, 6.07) is -4.66. The number of amides is 4. The van der Waals surface area contributed by atoms with E-state index in [1.165, 1.54) is 6.92 Å². The number of carbonyl (C=O) groups is 5. The Balaban J connectivity index is 5.11. The molecular weight excluding hydrogens is 436 g/mol. The minimum Gasteiger partial charge on any atom is -0.480 e. The largest absolute Gasteiger partial charge is 0.480 e. The van der Waals surface area contributed by atoms with Crippen molar-refractivity contribution in [3.63, 3.8) is 0 Å². The van der Waals surface area contributed by atoms with Crippen LogP contribution in [0.3, 0.4) is 0 Å².